The highest BCUT2D eigenvalue weighted by Crippen LogP contribution is 2.20. The van der Waals surface area contributed by atoms with E-state index < -0.39 is 0 Å². The molecule has 0 aliphatic carbocycles. The second-order valence-corrected chi connectivity index (χ2v) is 4.75. The molecule has 2 aromatic carbocycles. The van der Waals surface area contributed by atoms with Gasteiger partial charge in [0.15, 0.2) is 0 Å². The van der Waals surface area contributed by atoms with Crippen molar-refractivity contribution in [3.8, 4) is 11.5 Å². The summed E-state index contributed by atoms with van der Waals surface area (Å²) in [5.41, 5.74) is 2.48. The summed E-state index contributed by atoms with van der Waals surface area (Å²) < 4.78 is 12.1. The fourth-order valence-electron chi connectivity index (χ4n) is 2.37. The molecule has 0 aliphatic rings. The number of nitrogens with one attached hydrogen (secondary N) is 1. The molecule has 0 bridgehead atoms. The molecule has 108 valence electrons. The van der Waals surface area contributed by atoms with Gasteiger partial charge in [-0.3, -0.25) is 4.57 Å². The monoisotopic (exact) mass is 284 g/mol. The second kappa shape index (κ2) is 5.36. The Bertz CT molecular complexity index is 833. The number of aromatic nitrogens is 2. The van der Waals surface area contributed by atoms with Gasteiger partial charge in [-0.05, 0) is 29.8 Å². The molecule has 3 rings (SSSR count). The van der Waals surface area contributed by atoms with Crippen LogP contribution in [-0.4, -0.2) is 23.8 Å². The van der Waals surface area contributed by atoms with Crippen molar-refractivity contribution in [3.63, 3.8) is 0 Å². The zero-order valence-corrected chi connectivity index (χ0v) is 11.9. The van der Waals surface area contributed by atoms with Crippen LogP contribution in [0.1, 0.15) is 5.56 Å². The van der Waals surface area contributed by atoms with Crippen molar-refractivity contribution in [1.82, 2.24) is 9.55 Å². The average molecular weight is 284 g/mol. The van der Waals surface area contributed by atoms with Crippen molar-refractivity contribution in [2.24, 2.45) is 0 Å². The summed E-state index contributed by atoms with van der Waals surface area (Å²) in [6.45, 7) is 0.475. The van der Waals surface area contributed by atoms with Crippen molar-refractivity contribution in [2.75, 3.05) is 14.2 Å². The summed E-state index contributed by atoms with van der Waals surface area (Å²) in [4.78, 5) is 15.0. The van der Waals surface area contributed by atoms with E-state index in [0.717, 1.165) is 28.1 Å². The minimum Gasteiger partial charge on any atom is -0.497 e. The van der Waals surface area contributed by atoms with E-state index in [1.54, 1.807) is 18.8 Å². The lowest BCUT2D eigenvalue weighted by molar-refractivity contribution is 0.414. The van der Waals surface area contributed by atoms with Gasteiger partial charge in [0.1, 0.15) is 11.5 Å². The van der Waals surface area contributed by atoms with E-state index in [1.807, 2.05) is 42.5 Å². The van der Waals surface area contributed by atoms with Crippen LogP contribution in [0, 0.1) is 0 Å². The molecule has 0 spiro atoms. The zero-order chi connectivity index (χ0) is 14.8. The van der Waals surface area contributed by atoms with Crippen molar-refractivity contribution in [2.45, 2.75) is 6.54 Å². The van der Waals surface area contributed by atoms with E-state index in [2.05, 4.69) is 4.98 Å². The molecule has 0 saturated heterocycles. The molecule has 0 radical (unpaired) electrons. The van der Waals surface area contributed by atoms with Crippen molar-refractivity contribution >= 4 is 11.0 Å². The van der Waals surface area contributed by atoms with Crippen LogP contribution >= 0.6 is 0 Å². The quantitative estimate of drug-likeness (QED) is 0.800. The first-order valence-electron chi connectivity index (χ1n) is 6.61. The van der Waals surface area contributed by atoms with Gasteiger partial charge in [-0.25, -0.2) is 4.79 Å². The summed E-state index contributed by atoms with van der Waals surface area (Å²) in [5, 5.41) is 0. The van der Waals surface area contributed by atoms with Crippen LogP contribution in [0.2, 0.25) is 0 Å². The van der Waals surface area contributed by atoms with Gasteiger partial charge < -0.3 is 14.5 Å². The highest BCUT2D eigenvalue weighted by atomic mass is 16.5. The van der Waals surface area contributed by atoms with Crippen LogP contribution in [0.3, 0.4) is 0 Å². The van der Waals surface area contributed by atoms with Gasteiger partial charge in [-0.1, -0.05) is 12.1 Å². The van der Waals surface area contributed by atoms with Crippen LogP contribution in [-0.2, 0) is 6.54 Å². The molecule has 3 aromatic rings. The third-order valence-corrected chi connectivity index (χ3v) is 3.46. The van der Waals surface area contributed by atoms with Crippen LogP contribution in [0.5, 0.6) is 11.5 Å². The highest BCUT2D eigenvalue weighted by Gasteiger charge is 2.08. The third-order valence-electron chi connectivity index (χ3n) is 3.46. The average Bonchev–Trinajstić information content (AvgIpc) is 2.82. The first kappa shape index (κ1) is 13.3. The number of aromatic amines is 1. The van der Waals surface area contributed by atoms with Crippen LogP contribution in [0.15, 0.2) is 47.3 Å². The number of methoxy groups -OCH3 is 2. The maximum Gasteiger partial charge on any atom is 0.326 e. The number of ether oxygens (including phenoxy) is 2. The van der Waals surface area contributed by atoms with E-state index in [1.165, 1.54) is 0 Å². The summed E-state index contributed by atoms with van der Waals surface area (Å²) in [6.07, 6.45) is 0. The zero-order valence-electron chi connectivity index (χ0n) is 11.9. The Hall–Kier alpha value is -2.69. The summed E-state index contributed by atoms with van der Waals surface area (Å²) >= 11 is 0. The molecule has 1 aromatic heterocycles. The first-order chi connectivity index (χ1) is 10.2. The number of H-pyrrole nitrogens is 1. The number of benzene rings is 2. The fourth-order valence-corrected chi connectivity index (χ4v) is 2.37. The van der Waals surface area contributed by atoms with E-state index in [-0.39, 0.29) is 5.69 Å². The Morgan fingerprint density at radius 2 is 1.81 bits per heavy atom. The summed E-state index contributed by atoms with van der Waals surface area (Å²) in [6, 6.07) is 13.2. The smallest absolute Gasteiger partial charge is 0.326 e. The van der Waals surface area contributed by atoms with Gasteiger partial charge in [0.05, 0.1) is 31.8 Å². The summed E-state index contributed by atoms with van der Waals surface area (Å²) in [5.74, 6) is 1.50. The lowest BCUT2D eigenvalue weighted by Crippen LogP contribution is -2.17. The van der Waals surface area contributed by atoms with Crippen LogP contribution in [0.25, 0.3) is 11.0 Å². The van der Waals surface area contributed by atoms with E-state index in [9.17, 15) is 4.79 Å². The Balaban J connectivity index is 2.06. The molecule has 0 fully saturated rings. The van der Waals surface area contributed by atoms with E-state index >= 15 is 0 Å². The van der Waals surface area contributed by atoms with Crippen LogP contribution < -0.4 is 15.2 Å². The van der Waals surface area contributed by atoms with Crippen LogP contribution in [0.4, 0.5) is 0 Å². The molecule has 21 heavy (non-hydrogen) atoms. The van der Waals surface area contributed by atoms with Crippen molar-refractivity contribution in [3.05, 3.63) is 58.5 Å². The molecule has 0 saturated carbocycles. The minimum atomic E-state index is -0.138. The molecule has 0 amide bonds. The number of rotatable bonds is 4. The Morgan fingerprint density at radius 1 is 1.05 bits per heavy atom. The maximum absolute atomic E-state index is 12.1. The largest absolute Gasteiger partial charge is 0.497 e. The number of hydrogen-bond acceptors (Lipinski definition) is 3. The normalized spacial score (nSPS) is 10.8. The molecular formula is C16H16N2O3. The summed E-state index contributed by atoms with van der Waals surface area (Å²) in [7, 11) is 3.24. The SMILES string of the molecule is COc1cccc(Cn2c(=O)[nH]c3ccc(OC)cc32)c1. The van der Waals surface area contributed by atoms with Gasteiger partial charge >= 0.3 is 5.69 Å². The lowest BCUT2D eigenvalue weighted by Gasteiger charge is -2.07. The topological polar surface area (TPSA) is 56.2 Å². The maximum atomic E-state index is 12.1. The standard InChI is InChI=1S/C16H16N2O3/c1-20-12-5-3-4-11(8-12)10-18-15-9-13(21-2)6-7-14(15)17-16(18)19/h3-9H,10H2,1-2H3,(H,17,19). The Labute approximate surface area is 121 Å². The predicted molar refractivity (Wildman–Crippen MR) is 81.2 cm³/mol. The third kappa shape index (κ3) is 2.50. The Kier molecular flexibility index (Phi) is 3.39. The first-order valence-corrected chi connectivity index (χ1v) is 6.61. The number of hydrogen-bond donors (Lipinski definition) is 1. The lowest BCUT2D eigenvalue weighted by atomic mass is 10.2. The van der Waals surface area contributed by atoms with Crippen molar-refractivity contribution in [1.29, 1.82) is 0 Å². The van der Waals surface area contributed by atoms with Gasteiger partial charge in [0.2, 0.25) is 0 Å². The van der Waals surface area contributed by atoms with E-state index in [0.29, 0.717) is 6.54 Å². The molecule has 0 atom stereocenters. The van der Waals surface area contributed by atoms with Gasteiger partial charge in [0, 0.05) is 6.07 Å². The molecule has 1 heterocycles. The Morgan fingerprint density at radius 3 is 2.57 bits per heavy atom. The van der Waals surface area contributed by atoms with E-state index in [4.69, 9.17) is 9.47 Å². The predicted octanol–water partition coefficient (Wildman–Crippen LogP) is 2.40. The number of imidazole rings is 1. The van der Waals surface area contributed by atoms with Crippen molar-refractivity contribution < 1.29 is 9.47 Å². The molecule has 0 unspecified atom stereocenters. The van der Waals surface area contributed by atoms with Gasteiger partial charge in [-0.15, -0.1) is 0 Å². The molecule has 5 nitrogen and oxygen atoms in total. The number of nitrogens with zero attached hydrogens (tertiary/aromatic N) is 1. The molecular weight excluding hydrogens is 268 g/mol. The highest BCUT2D eigenvalue weighted by molar-refractivity contribution is 5.77. The van der Waals surface area contributed by atoms with Gasteiger partial charge in [-0.2, -0.15) is 0 Å². The molecule has 0 aliphatic heterocycles. The number of fused-ring (bicyclic) bond motifs is 1. The molecule has 5 heteroatoms. The van der Waals surface area contributed by atoms with Gasteiger partial charge in [0.25, 0.3) is 0 Å². The fraction of sp³-hybridized carbons (Fsp3) is 0.188. The molecule has 1 N–H and O–H groups in total. The second-order valence-electron chi connectivity index (χ2n) is 4.75. The minimum absolute atomic E-state index is 0.138.